The summed E-state index contributed by atoms with van der Waals surface area (Å²) in [5.41, 5.74) is 0.192. The zero-order chi connectivity index (χ0) is 7.90. The van der Waals surface area contributed by atoms with Gasteiger partial charge in [-0.25, -0.2) is 0 Å². The molecule has 0 saturated heterocycles. The molecule has 0 radical (unpaired) electrons. The van der Waals surface area contributed by atoms with Crippen molar-refractivity contribution in [2.45, 2.75) is 18.3 Å². The molecule has 1 fully saturated rings. The Morgan fingerprint density at radius 2 is 2.36 bits per heavy atom. The van der Waals surface area contributed by atoms with Gasteiger partial charge in [-0.05, 0) is 18.9 Å². The number of carboxylic acid groups (broad SMARTS) is 1. The zero-order valence-electron chi connectivity index (χ0n) is 5.91. The fraction of sp³-hybridized carbons (Fsp3) is 0.375. The molecular weight excluding hydrogens is 144 g/mol. The molecule has 0 spiro atoms. The molecule has 0 atom stereocenters. The lowest BCUT2D eigenvalue weighted by Crippen LogP contribution is -2.18. The van der Waals surface area contributed by atoms with Crippen molar-refractivity contribution in [3.8, 4) is 0 Å². The standard InChI is InChI=1S/C8H8O3/c9-7(10)8(2-3-8)6-1-4-11-5-6/h1,4-5H,2-3H2,(H,9,10). The predicted octanol–water partition coefficient (Wildman–Crippen LogP) is 1.40. The Labute approximate surface area is 63.6 Å². The molecule has 0 aromatic carbocycles. The van der Waals surface area contributed by atoms with Gasteiger partial charge < -0.3 is 9.52 Å². The van der Waals surface area contributed by atoms with Crippen LogP contribution < -0.4 is 0 Å². The normalized spacial score (nSPS) is 19.6. The first-order valence-electron chi connectivity index (χ1n) is 3.52. The Morgan fingerprint density at radius 1 is 1.64 bits per heavy atom. The molecule has 1 heterocycles. The van der Waals surface area contributed by atoms with Crippen LogP contribution in [0, 0.1) is 0 Å². The molecule has 0 unspecified atom stereocenters. The third-order valence-electron chi connectivity index (χ3n) is 2.23. The summed E-state index contributed by atoms with van der Waals surface area (Å²) in [6.45, 7) is 0. The van der Waals surface area contributed by atoms with Crippen LogP contribution in [-0.4, -0.2) is 11.1 Å². The van der Waals surface area contributed by atoms with Crippen molar-refractivity contribution in [2.24, 2.45) is 0 Å². The number of carbonyl (C=O) groups is 1. The maximum Gasteiger partial charge on any atom is 0.314 e. The third kappa shape index (κ3) is 0.770. The minimum Gasteiger partial charge on any atom is -0.481 e. The van der Waals surface area contributed by atoms with Gasteiger partial charge >= 0.3 is 5.97 Å². The van der Waals surface area contributed by atoms with Gasteiger partial charge in [0.25, 0.3) is 0 Å². The van der Waals surface area contributed by atoms with Gasteiger partial charge in [-0.15, -0.1) is 0 Å². The first-order chi connectivity index (χ1) is 5.26. The molecule has 2 rings (SSSR count). The van der Waals surface area contributed by atoms with Crippen molar-refractivity contribution in [1.29, 1.82) is 0 Å². The van der Waals surface area contributed by atoms with E-state index in [4.69, 9.17) is 9.52 Å². The van der Waals surface area contributed by atoms with Gasteiger partial charge in [-0.1, -0.05) is 0 Å². The molecule has 58 valence electrons. The predicted molar refractivity (Wildman–Crippen MR) is 37.3 cm³/mol. The highest BCUT2D eigenvalue weighted by molar-refractivity contribution is 5.84. The van der Waals surface area contributed by atoms with E-state index in [1.165, 1.54) is 12.5 Å². The van der Waals surface area contributed by atoms with Crippen LogP contribution in [-0.2, 0) is 10.2 Å². The summed E-state index contributed by atoms with van der Waals surface area (Å²) in [7, 11) is 0. The highest BCUT2D eigenvalue weighted by Crippen LogP contribution is 2.48. The smallest absolute Gasteiger partial charge is 0.314 e. The molecule has 1 aromatic heterocycles. The zero-order valence-corrected chi connectivity index (χ0v) is 5.91. The summed E-state index contributed by atoms with van der Waals surface area (Å²) < 4.78 is 4.83. The lowest BCUT2D eigenvalue weighted by atomic mass is 10.00. The molecule has 1 aliphatic rings. The van der Waals surface area contributed by atoms with Crippen LogP contribution in [0.4, 0.5) is 0 Å². The minimum absolute atomic E-state index is 0.604. The lowest BCUT2D eigenvalue weighted by molar-refractivity contribution is -0.140. The second kappa shape index (κ2) is 1.87. The van der Waals surface area contributed by atoms with Crippen LogP contribution in [0.5, 0.6) is 0 Å². The van der Waals surface area contributed by atoms with Crippen LogP contribution in [0.3, 0.4) is 0 Å². The minimum atomic E-state index is -0.737. The lowest BCUT2D eigenvalue weighted by Gasteiger charge is -2.03. The second-order valence-electron chi connectivity index (χ2n) is 2.90. The number of carboxylic acids is 1. The monoisotopic (exact) mass is 152 g/mol. The van der Waals surface area contributed by atoms with E-state index in [9.17, 15) is 4.79 Å². The van der Waals surface area contributed by atoms with Gasteiger partial charge in [-0.2, -0.15) is 0 Å². The molecule has 1 N–H and O–H groups in total. The van der Waals surface area contributed by atoms with Crippen molar-refractivity contribution < 1.29 is 14.3 Å². The van der Waals surface area contributed by atoms with Crippen LogP contribution >= 0.6 is 0 Å². The molecule has 1 aliphatic carbocycles. The molecular formula is C8H8O3. The number of aliphatic carboxylic acids is 1. The van der Waals surface area contributed by atoms with E-state index in [2.05, 4.69) is 0 Å². The molecule has 0 aliphatic heterocycles. The molecule has 1 aromatic rings. The largest absolute Gasteiger partial charge is 0.481 e. The van der Waals surface area contributed by atoms with E-state index < -0.39 is 11.4 Å². The van der Waals surface area contributed by atoms with Crippen LogP contribution in [0.2, 0.25) is 0 Å². The Morgan fingerprint density at radius 3 is 2.73 bits per heavy atom. The van der Waals surface area contributed by atoms with E-state index in [1.807, 2.05) is 0 Å². The number of furan rings is 1. The Hall–Kier alpha value is -1.25. The highest BCUT2D eigenvalue weighted by atomic mass is 16.4. The first-order valence-corrected chi connectivity index (χ1v) is 3.52. The summed E-state index contributed by atoms with van der Waals surface area (Å²) in [5, 5.41) is 8.83. The number of hydrogen-bond donors (Lipinski definition) is 1. The topological polar surface area (TPSA) is 50.4 Å². The van der Waals surface area contributed by atoms with Crippen molar-refractivity contribution in [3.05, 3.63) is 24.2 Å². The van der Waals surface area contributed by atoms with Crippen LogP contribution in [0.15, 0.2) is 23.0 Å². The summed E-state index contributed by atoms with van der Waals surface area (Å²) in [5.74, 6) is -0.737. The van der Waals surface area contributed by atoms with Gasteiger partial charge in [0, 0.05) is 5.56 Å². The van der Waals surface area contributed by atoms with Crippen LogP contribution in [0.25, 0.3) is 0 Å². The summed E-state index contributed by atoms with van der Waals surface area (Å²) >= 11 is 0. The first kappa shape index (κ1) is 6.46. The maximum absolute atomic E-state index is 10.7. The van der Waals surface area contributed by atoms with Crippen molar-refractivity contribution in [1.82, 2.24) is 0 Å². The van der Waals surface area contributed by atoms with Gasteiger partial charge in [0.05, 0.1) is 17.9 Å². The van der Waals surface area contributed by atoms with Crippen molar-refractivity contribution in [2.75, 3.05) is 0 Å². The second-order valence-corrected chi connectivity index (χ2v) is 2.90. The maximum atomic E-state index is 10.7. The fourth-order valence-corrected chi connectivity index (χ4v) is 1.29. The SMILES string of the molecule is O=C(O)C1(c2ccoc2)CC1. The van der Waals surface area contributed by atoms with E-state index in [0.29, 0.717) is 0 Å². The van der Waals surface area contributed by atoms with Gasteiger partial charge in [0.2, 0.25) is 0 Å². The van der Waals surface area contributed by atoms with Crippen LogP contribution in [0.1, 0.15) is 18.4 Å². The highest BCUT2D eigenvalue weighted by Gasteiger charge is 2.52. The Balaban J connectivity index is 2.36. The molecule has 3 heteroatoms. The summed E-state index contributed by atoms with van der Waals surface area (Å²) in [6.07, 6.45) is 4.50. The van der Waals surface area contributed by atoms with Gasteiger partial charge in [0.15, 0.2) is 0 Å². The van der Waals surface area contributed by atoms with E-state index >= 15 is 0 Å². The third-order valence-corrected chi connectivity index (χ3v) is 2.23. The fourth-order valence-electron chi connectivity index (χ4n) is 1.29. The van der Waals surface area contributed by atoms with E-state index in [-0.39, 0.29) is 0 Å². The van der Waals surface area contributed by atoms with Crippen molar-refractivity contribution >= 4 is 5.97 Å². The van der Waals surface area contributed by atoms with E-state index in [0.717, 1.165) is 18.4 Å². The van der Waals surface area contributed by atoms with Gasteiger partial charge in [0.1, 0.15) is 0 Å². The average molecular weight is 152 g/mol. The molecule has 0 amide bonds. The number of rotatable bonds is 2. The number of hydrogen-bond acceptors (Lipinski definition) is 2. The van der Waals surface area contributed by atoms with Crippen molar-refractivity contribution in [3.63, 3.8) is 0 Å². The summed E-state index contributed by atoms with van der Waals surface area (Å²) in [6, 6.07) is 1.72. The molecule has 1 saturated carbocycles. The molecule has 11 heavy (non-hydrogen) atoms. The quantitative estimate of drug-likeness (QED) is 0.696. The van der Waals surface area contributed by atoms with E-state index in [1.54, 1.807) is 6.07 Å². The Bertz CT molecular complexity index is 270. The summed E-state index contributed by atoms with van der Waals surface area (Å²) in [4.78, 5) is 10.7. The Kier molecular flexibility index (Phi) is 1.10. The molecule has 0 bridgehead atoms. The van der Waals surface area contributed by atoms with Gasteiger partial charge in [-0.3, -0.25) is 4.79 Å². The molecule has 3 nitrogen and oxygen atoms in total. The average Bonchev–Trinajstić information content (AvgIpc) is 2.61.